The van der Waals surface area contributed by atoms with Crippen molar-refractivity contribution in [2.24, 2.45) is 0 Å². The van der Waals surface area contributed by atoms with Crippen LogP contribution in [-0.2, 0) is 25.8 Å². The molecule has 1 nitrogen and oxygen atoms in total. The zero-order valence-electron chi connectivity index (χ0n) is 15.8. The minimum atomic E-state index is -0.278. The quantitative estimate of drug-likeness (QED) is 0.471. The number of benzene rings is 2. The molecule has 0 spiro atoms. The largest absolute Gasteiger partial charge is 0.287 e. The number of hydrogen-bond donors (Lipinski definition) is 0. The van der Waals surface area contributed by atoms with Gasteiger partial charge in [-0.2, -0.15) is 0 Å². The van der Waals surface area contributed by atoms with Gasteiger partial charge in [0.15, 0.2) is 0 Å². The van der Waals surface area contributed by atoms with Gasteiger partial charge in [0, 0.05) is 27.9 Å². The van der Waals surface area contributed by atoms with Crippen LogP contribution in [0.3, 0.4) is 0 Å². The maximum absolute atomic E-state index is 13.5. The SMILES string of the molecule is Fc1ccc(CN2CCc3c(sc4c3CCCC4)C2c2ccccc2)c(Cl)c1. The molecule has 3 aromatic rings. The van der Waals surface area contributed by atoms with E-state index in [0.717, 1.165) is 25.1 Å². The molecule has 0 radical (unpaired) electrons. The lowest BCUT2D eigenvalue weighted by atomic mass is 9.88. The minimum absolute atomic E-state index is 0.252. The zero-order chi connectivity index (χ0) is 19.1. The summed E-state index contributed by atoms with van der Waals surface area (Å²) in [4.78, 5) is 5.64. The number of fused-ring (bicyclic) bond motifs is 3. The van der Waals surface area contributed by atoms with Crippen LogP contribution in [0, 0.1) is 5.82 Å². The van der Waals surface area contributed by atoms with E-state index in [4.69, 9.17) is 11.6 Å². The maximum Gasteiger partial charge on any atom is 0.124 e. The van der Waals surface area contributed by atoms with Gasteiger partial charge in [-0.25, -0.2) is 4.39 Å². The van der Waals surface area contributed by atoms with E-state index in [2.05, 4.69) is 35.2 Å². The fourth-order valence-corrected chi connectivity index (χ4v) is 6.57. The van der Waals surface area contributed by atoms with Crippen molar-refractivity contribution in [3.63, 3.8) is 0 Å². The van der Waals surface area contributed by atoms with Crippen molar-refractivity contribution in [2.75, 3.05) is 6.54 Å². The van der Waals surface area contributed by atoms with Crippen molar-refractivity contribution >= 4 is 22.9 Å². The van der Waals surface area contributed by atoms with Gasteiger partial charge in [-0.15, -0.1) is 11.3 Å². The van der Waals surface area contributed by atoms with Crippen LogP contribution in [-0.4, -0.2) is 11.4 Å². The van der Waals surface area contributed by atoms with Gasteiger partial charge in [0.1, 0.15) is 5.82 Å². The Balaban J connectivity index is 1.56. The van der Waals surface area contributed by atoms with E-state index in [1.54, 1.807) is 16.0 Å². The van der Waals surface area contributed by atoms with E-state index < -0.39 is 0 Å². The average molecular weight is 412 g/mol. The van der Waals surface area contributed by atoms with Gasteiger partial charge >= 0.3 is 0 Å². The topological polar surface area (TPSA) is 3.24 Å². The molecule has 2 heterocycles. The van der Waals surface area contributed by atoms with Crippen molar-refractivity contribution < 1.29 is 4.39 Å². The molecule has 2 aromatic carbocycles. The third-order valence-corrected chi connectivity index (χ3v) is 7.82. The highest BCUT2D eigenvalue weighted by Crippen LogP contribution is 2.45. The van der Waals surface area contributed by atoms with Gasteiger partial charge in [0.05, 0.1) is 6.04 Å². The highest BCUT2D eigenvalue weighted by Gasteiger charge is 2.34. The number of aryl methyl sites for hydroxylation is 1. The van der Waals surface area contributed by atoms with E-state index in [-0.39, 0.29) is 11.9 Å². The normalized spacial score (nSPS) is 19.3. The molecule has 0 N–H and O–H groups in total. The van der Waals surface area contributed by atoms with Crippen LogP contribution in [0.4, 0.5) is 4.39 Å². The Morgan fingerprint density at radius 2 is 1.82 bits per heavy atom. The van der Waals surface area contributed by atoms with E-state index in [1.807, 2.05) is 17.4 Å². The predicted molar refractivity (Wildman–Crippen MR) is 115 cm³/mol. The highest BCUT2D eigenvalue weighted by molar-refractivity contribution is 7.12. The van der Waals surface area contributed by atoms with Gasteiger partial charge in [-0.1, -0.05) is 48.0 Å². The summed E-state index contributed by atoms with van der Waals surface area (Å²) < 4.78 is 13.5. The molecule has 0 bridgehead atoms. The molecule has 144 valence electrons. The molecule has 0 saturated heterocycles. The van der Waals surface area contributed by atoms with Crippen molar-refractivity contribution in [3.8, 4) is 0 Å². The van der Waals surface area contributed by atoms with Crippen LogP contribution in [0.2, 0.25) is 5.02 Å². The van der Waals surface area contributed by atoms with Gasteiger partial charge in [-0.3, -0.25) is 4.90 Å². The first-order valence-corrected chi connectivity index (χ1v) is 11.3. The Hall–Kier alpha value is -1.68. The van der Waals surface area contributed by atoms with Crippen LogP contribution in [0.1, 0.15) is 50.9 Å². The second-order valence-electron chi connectivity index (χ2n) is 7.82. The summed E-state index contributed by atoms with van der Waals surface area (Å²) in [6.07, 6.45) is 6.21. The second-order valence-corrected chi connectivity index (χ2v) is 9.37. The Morgan fingerprint density at radius 1 is 1.00 bits per heavy atom. The molecular weight excluding hydrogens is 389 g/mol. The van der Waals surface area contributed by atoms with Gasteiger partial charge in [0.25, 0.3) is 0 Å². The van der Waals surface area contributed by atoms with Crippen molar-refractivity contribution in [3.05, 3.63) is 91.4 Å². The fourth-order valence-electron chi connectivity index (χ4n) is 4.73. The molecule has 4 heteroatoms. The van der Waals surface area contributed by atoms with Crippen molar-refractivity contribution in [1.29, 1.82) is 0 Å². The van der Waals surface area contributed by atoms with Crippen LogP contribution in [0.15, 0.2) is 48.5 Å². The summed E-state index contributed by atoms with van der Waals surface area (Å²) >= 11 is 8.39. The van der Waals surface area contributed by atoms with E-state index >= 15 is 0 Å². The van der Waals surface area contributed by atoms with Crippen LogP contribution < -0.4 is 0 Å². The Kier molecular flexibility index (Phi) is 5.00. The Bertz CT molecular complexity index is 997. The lowest BCUT2D eigenvalue weighted by Gasteiger charge is -2.36. The van der Waals surface area contributed by atoms with Gasteiger partial charge in [-0.05, 0) is 66.5 Å². The third kappa shape index (κ3) is 3.30. The molecule has 1 aromatic heterocycles. The summed E-state index contributed by atoms with van der Waals surface area (Å²) in [5.41, 5.74) is 5.58. The lowest BCUT2D eigenvalue weighted by Crippen LogP contribution is -2.35. The number of nitrogens with zero attached hydrogens (tertiary/aromatic N) is 1. The summed E-state index contributed by atoms with van der Waals surface area (Å²) in [7, 11) is 0. The molecule has 1 unspecified atom stereocenters. The van der Waals surface area contributed by atoms with Gasteiger partial charge in [0.2, 0.25) is 0 Å². The standard InChI is InChI=1S/C24H23ClFNS/c25-21-14-18(26)11-10-17(21)15-27-13-12-20-19-8-4-5-9-22(19)28-24(20)23(27)16-6-2-1-3-7-16/h1-3,6-7,10-11,14,23H,4-5,8-9,12-13,15H2. The molecule has 28 heavy (non-hydrogen) atoms. The summed E-state index contributed by atoms with van der Waals surface area (Å²) in [6.45, 7) is 1.74. The third-order valence-electron chi connectivity index (χ3n) is 6.08. The average Bonchev–Trinajstić information content (AvgIpc) is 3.09. The fraction of sp³-hybridized carbons (Fsp3) is 0.333. The first kappa shape index (κ1) is 18.4. The molecule has 1 aliphatic carbocycles. The van der Waals surface area contributed by atoms with Crippen LogP contribution >= 0.6 is 22.9 Å². The molecule has 0 amide bonds. The second kappa shape index (κ2) is 7.62. The van der Waals surface area contributed by atoms with Crippen LogP contribution in [0.25, 0.3) is 0 Å². The zero-order valence-corrected chi connectivity index (χ0v) is 17.3. The molecule has 0 fully saturated rings. The summed E-state index contributed by atoms with van der Waals surface area (Å²) in [5, 5.41) is 0.517. The minimum Gasteiger partial charge on any atom is -0.287 e. The first-order valence-electron chi connectivity index (χ1n) is 10.1. The molecule has 0 saturated carbocycles. The molecule has 1 aliphatic heterocycles. The number of hydrogen-bond acceptors (Lipinski definition) is 2. The monoisotopic (exact) mass is 411 g/mol. The van der Waals surface area contributed by atoms with E-state index in [1.165, 1.54) is 48.3 Å². The number of rotatable bonds is 3. The first-order chi connectivity index (χ1) is 13.7. The highest BCUT2D eigenvalue weighted by atomic mass is 35.5. The summed E-state index contributed by atoms with van der Waals surface area (Å²) in [5.74, 6) is -0.278. The van der Waals surface area contributed by atoms with Crippen molar-refractivity contribution in [2.45, 2.75) is 44.7 Å². The molecule has 5 rings (SSSR count). The van der Waals surface area contributed by atoms with Crippen molar-refractivity contribution in [1.82, 2.24) is 4.90 Å². The van der Waals surface area contributed by atoms with E-state index in [9.17, 15) is 4.39 Å². The maximum atomic E-state index is 13.5. The Labute approximate surface area is 174 Å². The lowest BCUT2D eigenvalue weighted by molar-refractivity contribution is 0.207. The van der Waals surface area contributed by atoms with Gasteiger partial charge < -0.3 is 0 Å². The summed E-state index contributed by atoms with van der Waals surface area (Å²) in [6, 6.07) is 15.8. The Morgan fingerprint density at radius 3 is 2.64 bits per heavy atom. The predicted octanol–water partition coefficient (Wildman–Crippen LogP) is 6.57. The van der Waals surface area contributed by atoms with Crippen LogP contribution in [0.5, 0.6) is 0 Å². The number of thiophene rings is 1. The molecular formula is C24H23ClFNS. The smallest absolute Gasteiger partial charge is 0.124 e. The van der Waals surface area contributed by atoms with E-state index in [0.29, 0.717) is 5.02 Å². The molecule has 2 aliphatic rings. The number of halogens is 2. The molecule has 1 atom stereocenters.